The molecule has 2 N–H and O–H groups in total. The van der Waals surface area contributed by atoms with Crippen molar-refractivity contribution in [2.75, 3.05) is 0 Å². The highest BCUT2D eigenvalue weighted by molar-refractivity contribution is 5.23. The van der Waals surface area contributed by atoms with E-state index in [0.717, 1.165) is 12.1 Å². The van der Waals surface area contributed by atoms with Crippen molar-refractivity contribution < 1.29 is 0 Å². The average Bonchev–Trinajstić information content (AvgIpc) is 2.00. The van der Waals surface area contributed by atoms with E-state index in [1.54, 1.807) is 0 Å². The summed E-state index contributed by atoms with van der Waals surface area (Å²) in [6.45, 7) is 6.17. The zero-order chi connectivity index (χ0) is 8.69. The number of nitrogens with two attached hydrogens (primary N) is 1. The maximum absolute atomic E-state index is 5.67. The van der Waals surface area contributed by atoms with E-state index in [4.69, 9.17) is 5.73 Å². The van der Waals surface area contributed by atoms with Gasteiger partial charge in [0.2, 0.25) is 0 Å². The normalized spacial score (nSPS) is 14.5. The van der Waals surface area contributed by atoms with Crippen LogP contribution in [-0.2, 0) is 0 Å². The summed E-state index contributed by atoms with van der Waals surface area (Å²) in [6, 6.07) is 0. The Morgan fingerprint density at radius 1 is 1.45 bits per heavy atom. The van der Waals surface area contributed by atoms with Gasteiger partial charge in [-0.1, -0.05) is 24.6 Å². The Hall–Kier alpha value is -0.980. The van der Waals surface area contributed by atoms with Crippen LogP contribution in [0.2, 0.25) is 0 Å². The number of allylic oxidation sites excluding steroid dienone is 5. The first kappa shape index (κ1) is 10.0. The third kappa shape index (κ3) is 5.46. The van der Waals surface area contributed by atoms with Gasteiger partial charge in [-0.05, 0) is 32.4 Å². The largest absolute Gasteiger partial charge is 0.399 e. The molecule has 0 bridgehead atoms. The first-order valence-electron chi connectivity index (χ1n) is 3.96. The molecule has 0 atom stereocenters. The van der Waals surface area contributed by atoms with Gasteiger partial charge in [-0.25, -0.2) is 0 Å². The molecule has 0 amide bonds. The quantitative estimate of drug-likeness (QED) is 0.617. The minimum absolute atomic E-state index is 0.822. The molecule has 0 radical (unpaired) electrons. The van der Waals surface area contributed by atoms with Gasteiger partial charge in [0.1, 0.15) is 0 Å². The van der Waals surface area contributed by atoms with Crippen LogP contribution in [0.5, 0.6) is 0 Å². The van der Waals surface area contributed by atoms with E-state index in [-0.39, 0.29) is 0 Å². The molecule has 0 aliphatic rings. The lowest BCUT2D eigenvalue weighted by molar-refractivity contribution is 1.09. The van der Waals surface area contributed by atoms with Crippen LogP contribution in [0.25, 0.3) is 0 Å². The molecule has 0 aliphatic carbocycles. The van der Waals surface area contributed by atoms with Crippen LogP contribution in [-0.4, -0.2) is 0 Å². The lowest BCUT2D eigenvalue weighted by Gasteiger charge is -1.94. The fourth-order valence-electron chi connectivity index (χ4n) is 0.642. The van der Waals surface area contributed by atoms with Crippen molar-refractivity contribution in [3.05, 3.63) is 35.6 Å². The monoisotopic (exact) mass is 151 g/mol. The van der Waals surface area contributed by atoms with Crippen molar-refractivity contribution in [3.63, 3.8) is 0 Å². The summed E-state index contributed by atoms with van der Waals surface area (Å²) in [5.41, 5.74) is 7.80. The molecule has 0 aromatic carbocycles. The molecular weight excluding hydrogens is 134 g/mol. The molecule has 0 rings (SSSR count). The predicted octanol–water partition coefficient (Wildman–Crippen LogP) is 2.76. The Balaban J connectivity index is 4.14. The van der Waals surface area contributed by atoms with Crippen LogP contribution in [0.1, 0.15) is 27.2 Å². The van der Waals surface area contributed by atoms with Crippen LogP contribution in [0.15, 0.2) is 35.6 Å². The van der Waals surface area contributed by atoms with Gasteiger partial charge in [0, 0.05) is 5.70 Å². The summed E-state index contributed by atoms with van der Waals surface area (Å²) in [5.74, 6) is 0. The topological polar surface area (TPSA) is 26.0 Å². The van der Waals surface area contributed by atoms with Crippen molar-refractivity contribution in [2.24, 2.45) is 5.73 Å². The van der Waals surface area contributed by atoms with Crippen LogP contribution in [0.3, 0.4) is 0 Å². The molecule has 1 nitrogen and oxygen atoms in total. The molecule has 0 aromatic rings. The Labute approximate surface area is 69.3 Å². The lowest BCUT2D eigenvalue weighted by atomic mass is 10.2. The van der Waals surface area contributed by atoms with E-state index < -0.39 is 0 Å². The molecule has 0 unspecified atom stereocenters. The zero-order valence-electron chi connectivity index (χ0n) is 7.59. The molecule has 11 heavy (non-hydrogen) atoms. The molecule has 0 aliphatic heterocycles. The van der Waals surface area contributed by atoms with Gasteiger partial charge in [0.15, 0.2) is 0 Å². The molecule has 0 saturated heterocycles. The SMILES string of the molecule is C\C=C/C=C(N)\C=C(/C)CC. The van der Waals surface area contributed by atoms with Crippen LogP contribution in [0, 0.1) is 0 Å². The predicted molar refractivity (Wildman–Crippen MR) is 51.1 cm³/mol. The minimum atomic E-state index is 0.822. The van der Waals surface area contributed by atoms with Crippen molar-refractivity contribution in [1.82, 2.24) is 0 Å². The van der Waals surface area contributed by atoms with Crippen LogP contribution in [0.4, 0.5) is 0 Å². The van der Waals surface area contributed by atoms with E-state index in [1.165, 1.54) is 5.57 Å². The molecule has 0 spiro atoms. The first-order valence-corrected chi connectivity index (χ1v) is 3.96. The van der Waals surface area contributed by atoms with Crippen molar-refractivity contribution in [1.29, 1.82) is 0 Å². The summed E-state index contributed by atoms with van der Waals surface area (Å²) in [5, 5.41) is 0. The maximum Gasteiger partial charge on any atom is 0.0313 e. The van der Waals surface area contributed by atoms with Crippen molar-refractivity contribution in [3.8, 4) is 0 Å². The summed E-state index contributed by atoms with van der Waals surface area (Å²) in [7, 11) is 0. The van der Waals surface area contributed by atoms with Gasteiger partial charge in [0.05, 0.1) is 0 Å². The number of hydrogen-bond donors (Lipinski definition) is 1. The molecule has 0 heterocycles. The van der Waals surface area contributed by atoms with E-state index in [9.17, 15) is 0 Å². The second-order valence-corrected chi connectivity index (χ2v) is 2.54. The van der Waals surface area contributed by atoms with Crippen LogP contribution < -0.4 is 5.73 Å². The van der Waals surface area contributed by atoms with E-state index in [1.807, 2.05) is 31.2 Å². The minimum Gasteiger partial charge on any atom is -0.399 e. The molecule has 62 valence electrons. The lowest BCUT2D eigenvalue weighted by Crippen LogP contribution is -1.92. The number of hydrogen-bond acceptors (Lipinski definition) is 1. The zero-order valence-corrected chi connectivity index (χ0v) is 7.59. The smallest absolute Gasteiger partial charge is 0.0313 e. The second kappa shape index (κ2) is 5.78. The number of rotatable bonds is 3. The molecule has 0 aromatic heterocycles. The van der Waals surface area contributed by atoms with Gasteiger partial charge in [0.25, 0.3) is 0 Å². The first-order chi connectivity index (χ1) is 5.20. The van der Waals surface area contributed by atoms with Crippen LogP contribution >= 0.6 is 0 Å². The third-order valence-corrected chi connectivity index (χ3v) is 1.45. The highest BCUT2D eigenvalue weighted by Crippen LogP contribution is 2.00. The highest BCUT2D eigenvalue weighted by Gasteiger charge is 1.84. The standard InChI is InChI=1S/C10H17N/c1-4-6-7-10(11)8-9(3)5-2/h4,6-8H,5,11H2,1-3H3/b6-4-,9-8+,10-7+. The summed E-state index contributed by atoms with van der Waals surface area (Å²) in [4.78, 5) is 0. The Morgan fingerprint density at radius 2 is 2.09 bits per heavy atom. The highest BCUT2D eigenvalue weighted by atomic mass is 14.5. The molecule has 1 heteroatoms. The van der Waals surface area contributed by atoms with E-state index in [0.29, 0.717) is 0 Å². The van der Waals surface area contributed by atoms with Gasteiger partial charge in [-0.3, -0.25) is 0 Å². The Kier molecular flexibility index (Phi) is 5.26. The molecule has 0 fully saturated rings. The van der Waals surface area contributed by atoms with Crippen molar-refractivity contribution >= 4 is 0 Å². The Bertz CT molecular complexity index is 185. The summed E-state index contributed by atoms with van der Waals surface area (Å²) in [6.07, 6.45) is 8.86. The van der Waals surface area contributed by atoms with Gasteiger partial charge in [-0.15, -0.1) is 0 Å². The third-order valence-electron chi connectivity index (χ3n) is 1.45. The maximum atomic E-state index is 5.67. The van der Waals surface area contributed by atoms with E-state index >= 15 is 0 Å². The van der Waals surface area contributed by atoms with E-state index in [2.05, 4.69) is 13.8 Å². The Morgan fingerprint density at radius 3 is 2.55 bits per heavy atom. The summed E-state index contributed by atoms with van der Waals surface area (Å²) < 4.78 is 0. The van der Waals surface area contributed by atoms with Gasteiger partial charge in [-0.2, -0.15) is 0 Å². The average molecular weight is 151 g/mol. The summed E-state index contributed by atoms with van der Waals surface area (Å²) >= 11 is 0. The fraction of sp³-hybridized carbons (Fsp3) is 0.400. The fourth-order valence-corrected chi connectivity index (χ4v) is 0.642. The van der Waals surface area contributed by atoms with Gasteiger partial charge < -0.3 is 5.73 Å². The second-order valence-electron chi connectivity index (χ2n) is 2.54. The van der Waals surface area contributed by atoms with Crippen molar-refractivity contribution in [2.45, 2.75) is 27.2 Å². The molecular formula is C10H17N. The molecule has 0 saturated carbocycles. The van der Waals surface area contributed by atoms with Gasteiger partial charge >= 0.3 is 0 Å².